The first kappa shape index (κ1) is 12.0. The summed E-state index contributed by atoms with van der Waals surface area (Å²) in [5.41, 5.74) is 7.01. The number of nitrogens with zero attached hydrogens (tertiary/aromatic N) is 3. The summed E-state index contributed by atoms with van der Waals surface area (Å²) < 4.78 is 2.33. The van der Waals surface area contributed by atoms with Gasteiger partial charge in [0.1, 0.15) is 6.07 Å². The van der Waals surface area contributed by atoms with Crippen molar-refractivity contribution in [2.45, 2.75) is 4.90 Å². The van der Waals surface area contributed by atoms with E-state index in [0.717, 1.165) is 15.1 Å². The molecule has 0 saturated carbocycles. The van der Waals surface area contributed by atoms with Crippen molar-refractivity contribution in [2.24, 2.45) is 0 Å². The Labute approximate surface area is 112 Å². The molecule has 0 atom stereocenters. The number of hydrogen-bond acceptors (Lipinski definition) is 4. The number of hydrogen-bond donors (Lipinski definition) is 1. The predicted molar refractivity (Wildman–Crippen MR) is 72.2 cm³/mol. The van der Waals surface area contributed by atoms with Gasteiger partial charge in [-0.2, -0.15) is 5.26 Å². The smallest absolute Gasteiger partial charge is 0.160 e. The first-order valence-corrected chi connectivity index (χ1v) is 6.77. The SMILES string of the molecule is CSc1cccc(-n2cc(Br)c(N)n2)c1C#N. The highest BCUT2D eigenvalue weighted by atomic mass is 79.9. The summed E-state index contributed by atoms with van der Waals surface area (Å²) in [4.78, 5) is 0.926. The van der Waals surface area contributed by atoms with Crippen molar-refractivity contribution in [3.05, 3.63) is 34.4 Å². The Morgan fingerprint density at radius 3 is 2.82 bits per heavy atom. The number of aromatic nitrogens is 2. The first-order chi connectivity index (χ1) is 8.17. The standard InChI is InChI=1S/C11H9BrN4S/c1-17-10-4-2-3-9(7(10)5-13)16-6-8(12)11(14)15-16/h2-4,6H,1H3,(H2,14,15). The van der Waals surface area contributed by atoms with Crippen LogP contribution in [0.5, 0.6) is 0 Å². The van der Waals surface area contributed by atoms with E-state index in [1.165, 1.54) is 11.8 Å². The number of benzene rings is 1. The zero-order valence-electron chi connectivity index (χ0n) is 9.01. The van der Waals surface area contributed by atoms with Crippen LogP contribution in [0.4, 0.5) is 5.82 Å². The molecule has 0 fully saturated rings. The predicted octanol–water partition coefficient (Wildman–Crippen LogP) is 2.81. The molecular formula is C11H9BrN4S. The molecule has 1 aromatic heterocycles. The Morgan fingerprint density at radius 2 is 2.29 bits per heavy atom. The Bertz CT molecular complexity index is 581. The number of nitrogens with two attached hydrogens (primary N) is 1. The highest BCUT2D eigenvalue weighted by molar-refractivity contribution is 9.10. The van der Waals surface area contributed by atoms with E-state index < -0.39 is 0 Å². The van der Waals surface area contributed by atoms with Crippen LogP contribution >= 0.6 is 27.7 Å². The van der Waals surface area contributed by atoms with E-state index in [4.69, 9.17) is 5.73 Å². The second-order valence-electron chi connectivity index (χ2n) is 3.27. The molecule has 4 nitrogen and oxygen atoms in total. The van der Waals surface area contributed by atoms with Crippen molar-refractivity contribution in [2.75, 3.05) is 12.0 Å². The fraction of sp³-hybridized carbons (Fsp3) is 0.0909. The van der Waals surface area contributed by atoms with Gasteiger partial charge in [0.05, 0.1) is 15.7 Å². The molecule has 1 heterocycles. The molecule has 0 aliphatic carbocycles. The van der Waals surface area contributed by atoms with E-state index in [0.29, 0.717) is 11.4 Å². The van der Waals surface area contributed by atoms with E-state index >= 15 is 0 Å². The lowest BCUT2D eigenvalue weighted by molar-refractivity contribution is 0.878. The minimum Gasteiger partial charge on any atom is -0.381 e. The summed E-state index contributed by atoms with van der Waals surface area (Å²) in [5.74, 6) is 0.406. The molecule has 0 radical (unpaired) electrons. The van der Waals surface area contributed by atoms with Crippen molar-refractivity contribution in [3.63, 3.8) is 0 Å². The van der Waals surface area contributed by atoms with Gasteiger partial charge in [0.25, 0.3) is 0 Å². The maximum Gasteiger partial charge on any atom is 0.160 e. The normalized spacial score (nSPS) is 10.2. The molecule has 0 spiro atoms. The van der Waals surface area contributed by atoms with Gasteiger partial charge in [0.2, 0.25) is 0 Å². The lowest BCUT2D eigenvalue weighted by atomic mass is 10.2. The summed E-state index contributed by atoms with van der Waals surface area (Å²) >= 11 is 4.83. The summed E-state index contributed by atoms with van der Waals surface area (Å²) in [6.45, 7) is 0. The molecule has 1 aromatic carbocycles. The summed E-state index contributed by atoms with van der Waals surface area (Å²) in [7, 11) is 0. The van der Waals surface area contributed by atoms with Gasteiger partial charge in [-0.1, -0.05) is 6.07 Å². The summed E-state index contributed by atoms with van der Waals surface area (Å²) in [5, 5.41) is 13.4. The van der Waals surface area contributed by atoms with Crippen LogP contribution in [0.3, 0.4) is 0 Å². The Morgan fingerprint density at radius 1 is 1.53 bits per heavy atom. The van der Waals surface area contributed by atoms with E-state index in [9.17, 15) is 5.26 Å². The van der Waals surface area contributed by atoms with Crippen LogP contribution in [0.15, 0.2) is 33.8 Å². The van der Waals surface area contributed by atoms with Crippen LogP contribution in [-0.2, 0) is 0 Å². The third-order valence-corrected chi connectivity index (χ3v) is 3.67. The maximum absolute atomic E-state index is 9.22. The van der Waals surface area contributed by atoms with Gasteiger partial charge >= 0.3 is 0 Å². The second kappa shape index (κ2) is 4.82. The van der Waals surface area contributed by atoms with Gasteiger partial charge in [0, 0.05) is 11.1 Å². The van der Waals surface area contributed by atoms with Crippen LogP contribution in [0.1, 0.15) is 5.56 Å². The number of thioether (sulfide) groups is 1. The zero-order valence-corrected chi connectivity index (χ0v) is 11.4. The van der Waals surface area contributed by atoms with E-state index in [2.05, 4.69) is 27.1 Å². The Kier molecular flexibility index (Phi) is 3.41. The molecule has 86 valence electrons. The topological polar surface area (TPSA) is 67.6 Å². The highest BCUT2D eigenvalue weighted by Gasteiger charge is 2.11. The van der Waals surface area contributed by atoms with Gasteiger partial charge in [-0.3, -0.25) is 0 Å². The van der Waals surface area contributed by atoms with Crippen LogP contribution in [-0.4, -0.2) is 16.0 Å². The van der Waals surface area contributed by atoms with Crippen LogP contribution < -0.4 is 5.73 Å². The minimum absolute atomic E-state index is 0.406. The quantitative estimate of drug-likeness (QED) is 0.866. The fourth-order valence-electron chi connectivity index (χ4n) is 1.48. The van der Waals surface area contributed by atoms with Crippen molar-refractivity contribution in [1.29, 1.82) is 5.26 Å². The first-order valence-electron chi connectivity index (χ1n) is 4.75. The molecule has 17 heavy (non-hydrogen) atoms. The zero-order chi connectivity index (χ0) is 12.4. The van der Waals surface area contributed by atoms with Crippen LogP contribution in [0.25, 0.3) is 5.69 Å². The average molecular weight is 309 g/mol. The number of halogens is 1. The maximum atomic E-state index is 9.22. The van der Waals surface area contributed by atoms with Gasteiger partial charge in [0.15, 0.2) is 5.82 Å². The van der Waals surface area contributed by atoms with Crippen LogP contribution in [0.2, 0.25) is 0 Å². The molecule has 0 unspecified atom stereocenters. The molecule has 6 heteroatoms. The fourth-order valence-corrected chi connectivity index (χ4v) is 2.32. The van der Waals surface area contributed by atoms with E-state index in [1.54, 1.807) is 10.9 Å². The Balaban J connectivity index is 2.63. The number of nitrogen functional groups attached to an aromatic ring is 1. The third-order valence-electron chi connectivity index (χ3n) is 2.28. The van der Waals surface area contributed by atoms with Gasteiger partial charge in [-0.05, 0) is 34.3 Å². The van der Waals surface area contributed by atoms with E-state index in [1.807, 2.05) is 24.5 Å². The molecule has 0 aliphatic heterocycles. The third kappa shape index (κ3) is 2.16. The molecule has 2 N–H and O–H groups in total. The average Bonchev–Trinajstić information content (AvgIpc) is 2.68. The molecule has 2 aromatic rings. The minimum atomic E-state index is 0.406. The molecule has 0 bridgehead atoms. The van der Waals surface area contributed by atoms with Crippen molar-refractivity contribution >= 4 is 33.5 Å². The molecular weight excluding hydrogens is 300 g/mol. The molecule has 2 rings (SSSR count). The second-order valence-corrected chi connectivity index (χ2v) is 4.98. The highest BCUT2D eigenvalue weighted by Crippen LogP contribution is 2.27. The summed E-state index contributed by atoms with van der Waals surface area (Å²) in [6, 6.07) is 7.86. The van der Waals surface area contributed by atoms with Crippen molar-refractivity contribution < 1.29 is 0 Å². The number of anilines is 1. The van der Waals surface area contributed by atoms with Gasteiger partial charge in [-0.15, -0.1) is 16.9 Å². The number of nitriles is 1. The summed E-state index contributed by atoms with van der Waals surface area (Å²) in [6.07, 6.45) is 3.68. The van der Waals surface area contributed by atoms with Crippen molar-refractivity contribution in [1.82, 2.24) is 9.78 Å². The molecule has 0 saturated heterocycles. The van der Waals surface area contributed by atoms with Gasteiger partial charge in [-0.25, -0.2) is 4.68 Å². The lowest BCUT2D eigenvalue weighted by Gasteiger charge is -2.06. The van der Waals surface area contributed by atoms with Gasteiger partial charge < -0.3 is 5.73 Å². The van der Waals surface area contributed by atoms with Crippen molar-refractivity contribution in [3.8, 4) is 11.8 Å². The number of rotatable bonds is 2. The molecule has 0 aliphatic rings. The lowest BCUT2D eigenvalue weighted by Crippen LogP contribution is -2.00. The largest absolute Gasteiger partial charge is 0.381 e. The van der Waals surface area contributed by atoms with E-state index in [-0.39, 0.29) is 0 Å². The Hall–Kier alpha value is -1.45. The molecule has 0 amide bonds. The monoisotopic (exact) mass is 308 g/mol. The van der Waals surface area contributed by atoms with Crippen LogP contribution in [0, 0.1) is 11.3 Å².